The van der Waals surface area contributed by atoms with Crippen LogP contribution in [-0.2, 0) is 10.0 Å². The molecule has 0 saturated heterocycles. The summed E-state index contributed by atoms with van der Waals surface area (Å²) in [6.07, 6.45) is 0.737. The zero-order valence-electron chi connectivity index (χ0n) is 9.16. The number of hydrogen-bond donors (Lipinski definition) is 0. The molecule has 0 aliphatic carbocycles. The van der Waals surface area contributed by atoms with Gasteiger partial charge in [-0.2, -0.15) is 0 Å². The average Bonchev–Trinajstić information content (AvgIpc) is 2.11. The van der Waals surface area contributed by atoms with E-state index in [0.29, 0.717) is 24.3 Å². The van der Waals surface area contributed by atoms with Crippen molar-refractivity contribution in [2.45, 2.75) is 27.2 Å². The van der Waals surface area contributed by atoms with Crippen LogP contribution >= 0.6 is 15.9 Å². The Hall–Kier alpha value is 0.390. The van der Waals surface area contributed by atoms with E-state index in [2.05, 4.69) is 15.9 Å². The molecule has 0 amide bonds. The Morgan fingerprint density at radius 3 is 2.29 bits per heavy atom. The van der Waals surface area contributed by atoms with Crippen molar-refractivity contribution < 1.29 is 8.42 Å². The van der Waals surface area contributed by atoms with Crippen LogP contribution in [0.25, 0.3) is 0 Å². The molecule has 0 N–H and O–H groups in total. The highest BCUT2D eigenvalue weighted by atomic mass is 79.9. The van der Waals surface area contributed by atoms with E-state index in [4.69, 9.17) is 0 Å². The Labute approximate surface area is 96.0 Å². The predicted molar refractivity (Wildman–Crippen MR) is 64.3 cm³/mol. The molecule has 14 heavy (non-hydrogen) atoms. The molecule has 0 saturated carbocycles. The zero-order chi connectivity index (χ0) is 11.2. The first-order chi connectivity index (χ1) is 6.44. The van der Waals surface area contributed by atoms with Gasteiger partial charge in [0.15, 0.2) is 0 Å². The molecule has 0 atom stereocenters. The summed E-state index contributed by atoms with van der Waals surface area (Å²) >= 11 is 3.26. The molecule has 0 heterocycles. The Morgan fingerprint density at radius 1 is 1.36 bits per heavy atom. The van der Waals surface area contributed by atoms with Crippen LogP contribution in [0.5, 0.6) is 0 Å². The second-order valence-electron chi connectivity index (χ2n) is 3.68. The summed E-state index contributed by atoms with van der Waals surface area (Å²) in [6.45, 7) is 7.07. The third kappa shape index (κ3) is 5.32. The summed E-state index contributed by atoms with van der Waals surface area (Å²) in [6, 6.07) is 0. The van der Waals surface area contributed by atoms with Crippen molar-refractivity contribution in [3.63, 3.8) is 0 Å². The number of nitrogens with zero attached hydrogens (tertiary/aromatic N) is 1. The van der Waals surface area contributed by atoms with Gasteiger partial charge in [-0.25, -0.2) is 12.7 Å². The SMILES string of the molecule is CCN(CCBr)S(=O)(=O)CCC(C)C. The highest BCUT2D eigenvalue weighted by molar-refractivity contribution is 9.09. The summed E-state index contributed by atoms with van der Waals surface area (Å²) in [5.41, 5.74) is 0. The molecule has 0 rings (SSSR count). The van der Waals surface area contributed by atoms with Crippen molar-refractivity contribution >= 4 is 26.0 Å². The van der Waals surface area contributed by atoms with Gasteiger partial charge in [-0.3, -0.25) is 0 Å². The predicted octanol–water partition coefficient (Wildman–Crippen LogP) is 2.08. The summed E-state index contributed by atoms with van der Waals surface area (Å²) in [5, 5.41) is 0.696. The van der Waals surface area contributed by atoms with Crippen molar-refractivity contribution in [1.29, 1.82) is 0 Å². The van der Waals surface area contributed by atoms with Crippen LogP contribution < -0.4 is 0 Å². The van der Waals surface area contributed by atoms with Gasteiger partial charge in [-0.15, -0.1) is 0 Å². The van der Waals surface area contributed by atoms with Crippen molar-refractivity contribution in [2.24, 2.45) is 5.92 Å². The first kappa shape index (κ1) is 14.4. The molecule has 0 aromatic carbocycles. The van der Waals surface area contributed by atoms with E-state index < -0.39 is 10.0 Å². The van der Waals surface area contributed by atoms with Gasteiger partial charge in [0, 0.05) is 18.4 Å². The van der Waals surface area contributed by atoms with E-state index in [1.54, 1.807) is 0 Å². The fourth-order valence-corrected chi connectivity index (χ4v) is 3.56. The molecule has 0 radical (unpaired) electrons. The van der Waals surface area contributed by atoms with E-state index in [1.165, 1.54) is 4.31 Å². The van der Waals surface area contributed by atoms with Crippen LogP contribution in [0.2, 0.25) is 0 Å². The van der Waals surface area contributed by atoms with Crippen LogP contribution in [0.3, 0.4) is 0 Å². The van der Waals surface area contributed by atoms with Crippen LogP contribution in [0.4, 0.5) is 0 Å². The maximum Gasteiger partial charge on any atom is 0.214 e. The standard InChI is InChI=1S/C9H20BrNO2S/c1-4-11(7-6-10)14(12,13)8-5-9(2)3/h9H,4-8H2,1-3H3. The summed E-state index contributed by atoms with van der Waals surface area (Å²) in [4.78, 5) is 0. The molecule has 0 unspecified atom stereocenters. The first-order valence-corrected chi connectivity index (χ1v) is 7.70. The number of halogens is 1. The van der Waals surface area contributed by atoms with Crippen LogP contribution in [0, 0.1) is 5.92 Å². The van der Waals surface area contributed by atoms with Gasteiger partial charge in [-0.1, -0.05) is 36.7 Å². The minimum atomic E-state index is -3.03. The van der Waals surface area contributed by atoms with E-state index >= 15 is 0 Å². The maximum absolute atomic E-state index is 11.8. The Bertz CT molecular complexity index is 239. The Kier molecular flexibility index (Phi) is 6.99. The second kappa shape index (κ2) is 6.80. The molecule has 0 aliphatic heterocycles. The molecular weight excluding hydrogens is 266 g/mol. The lowest BCUT2D eigenvalue weighted by Crippen LogP contribution is -2.34. The topological polar surface area (TPSA) is 37.4 Å². The second-order valence-corrected chi connectivity index (χ2v) is 6.56. The summed E-state index contributed by atoms with van der Waals surface area (Å²) < 4.78 is 25.1. The number of hydrogen-bond acceptors (Lipinski definition) is 2. The minimum Gasteiger partial charge on any atom is -0.212 e. The number of sulfonamides is 1. The lowest BCUT2D eigenvalue weighted by molar-refractivity contribution is 0.443. The lowest BCUT2D eigenvalue weighted by atomic mass is 10.2. The monoisotopic (exact) mass is 285 g/mol. The number of alkyl halides is 1. The third-order valence-electron chi connectivity index (χ3n) is 2.03. The van der Waals surface area contributed by atoms with E-state index in [9.17, 15) is 8.42 Å². The molecule has 0 aliphatic rings. The highest BCUT2D eigenvalue weighted by Crippen LogP contribution is 2.08. The largest absolute Gasteiger partial charge is 0.214 e. The molecule has 3 nitrogen and oxygen atoms in total. The smallest absolute Gasteiger partial charge is 0.212 e. The number of rotatable bonds is 7. The van der Waals surface area contributed by atoms with Crippen molar-refractivity contribution in [3.8, 4) is 0 Å². The minimum absolute atomic E-state index is 0.269. The molecule has 0 aromatic rings. The van der Waals surface area contributed by atoms with Gasteiger partial charge in [0.2, 0.25) is 10.0 Å². The molecule has 0 aromatic heterocycles. The van der Waals surface area contributed by atoms with Gasteiger partial charge in [0.05, 0.1) is 5.75 Å². The molecule has 0 bridgehead atoms. The van der Waals surface area contributed by atoms with E-state index in [0.717, 1.165) is 6.42 Å². The van der Waals surface area contributed by atoms with Crippen LogP contribution in [0.15, 0.2) is 0 Å². The van der Waals surface area contributed by atoms with Crippen molar-refractivity contribution in [2.75, 3.05) is 24.2 Å². The highest BCUT2D eigenvalue weighted by Gasteiger charge is 2.19. The van der Waals surface area contributed by atoms with Crippen molar-refractivity contribution in [1.82, 2.24) is 4.31 Å². The first-order valence-electron chi connectivity index (χ1n) is 4.97. The van der Waals surface area contributed by atoms with Gasteiger partial charge >= 0.3 is 0 Å². The van der Waals surface area contributed by atoms with Crippen molar-refractivity contribution in [3.05, 3.63) is 0 Å². The molecule has 0 fully saturated rings. The Balaban J connectivity index is 4.27. The van der Waals surface area contributed by atoms with E-state index in [1.807, 2.05) is 20.8 Å². The average molecular weight is 286 g/mol. The van der Waals surface area contributed by atoms with Gasteiger partial charge in [-0.05, 0) is 12.3 Å². The van der Waals surface area contributed by atoms with E-state index in [-0.39, 0.29) is 5.75 Å². The molecule has 5 heteroatoms. The molecule has 0 spiro atoms. The third-order valence-corrected chi connectivity index (χ3v) is 4.37. The van der Waals surface area contributed by atoms with Gasteiger partial charge in [0.1, 0.15) is 0 Å². The summed E-state index contributed by atoms with van der Waals surface area (Å²) in [5.74, 6) is 0.707. The fourth-order valence-electron chi connectivity index (χ4n) is 1.10. The molecule has 86 valence electrons. The quantitative estimate of drug-likeness (QED) is 0.672. The van der Waals surface area contributed by atoms with Gasteiger partial charge < -0.3 is 0 Å². The van der Waals surface area contributed by atoms with Crippen LogP contribution in [0.1, 0.15) is 27.2 Å². The molecular formula is C9H20BrNO2S. The zero-order valence-corrected chi connectivity index (χ0v) is 11.6. The maximum atomic E-state index is 11.8. The normalized spacial score (nSPS) is 12.7. The lowest BCUT2D eigenvalue weighted by Gasteiger charge is -2.19. The van der Waals surface area contributed by atoms with Crippen LogP contribution in [-0.4, -0.2) is 36.9 Å². The fraction of sp³-hybridized carbons (Fsp3) is 1.00. The Morgan fingerprint density at radius 2 is 1.93 bits per heavy atom. The van der Waals surface area contributed by atoms with Gasteiger partial charge in [0.25, 0.3) is 0 Å². The summed E-state index contributed by atoms with van der Waals surface area (Å²) in [7, 11) is -3.03.